The average molecular weight is 450 g/mol. The molecule has 0 saturated carbocycles. The average Bonchev–Trinajstić information content (AvgIpc) is 3.14. The highest BCUT2D eigenvalue weighted by Crippen LogP contribution is 2.25. The van der Waals surface area contributed by atoms with Gasteiger partial charge in [-0.25, -0.2) is 4.79 Å². The first-order chi connectivity index (χ1) is 15.6. The molecule has 2 aromatic carbocycles. The Bertz CT molecular complexity index is 1120. The third-order valence-electron chi connectivity index (χ3n) is 5.28. The molecule has 0 aliphatic heterocycles. The van der Waals surface area contributed by atoms with Crippen molar-refractivity contribution >= 4 is 28.7 Å². The number of hydrogen-bond acceptors (Lipinski definition) is 5. The summed E-state index contributed by atoms with van der Waals surface area (Å²) in [5, 5.41) is 0.908. The minimum Gasteiger partial charge on any atom is -0.461 e. The van der Waals surface area contributed by atoms with Gasteiger partial charge in [-0.15, -0.1) is 0 Å². The van der Waals surface area contributed by atoms with Crippen molar-refractivity contribution in [1.29, 1.82) is 0 Å². The predicted octanol–water partition coefficient (Wildman–Crippen LogP) is 5.70. The van der Waals surface area contributed by atoms with E-state index in [1.165, 1.54) is 4.57 Å². The van der Waals surface area contributed by atoms with E-state index >= 15 is 0 Å². The van der Waals surface area contributed by atoms with Gasteiger partial charge in [-0.05, 0) is 44.4 Å². The summed E-state index contributed by atoms with van der Waals surface area (Å²) in [6, 6.07) is 17.0. The normalized spacial score (nSPS) is 12.4. The van der Waals surface area contributed by atoms with Gasteiger partial charge in [0.25, 0.3) is 0 Å². The number of nitrogens with zero attached hydrogens (tertiary/aromatic N) is 1. The number of Topliss-reactive ketones (excluding diaryl/α,β-unsaturated/α-hetero) is 1. The number of fused-ring (bicyclic) bond motifs is 1. The lowest BCUT2D eigenvalue weighted by molar-refractivity contribution is -0.146. The van der Waals surface area contributed by atoms with Crippen LogP contribution >= 0.6 is 0 Å². The Morgan fingerprint density at radius 1 is 0.939 bits per heavy atom. The predicted molar refractivity (Wildman–Crippen MR) is 127 cm³/mol. The van der Waals surface area contributed by atoms with Gasteiger partial charge in [-0.2, -0.15) is 0 Å². The fourth-order valence-electron chi connectivity index (χ4n) is 3.60. The number of esters is 1. The maximum absolute atomic E-state index is 12.7. The first-order valence-electron chi connectivity index (χ1n) is 11.2. The Morgan fingerprint density at radius 2 is 1.61 bits per heavy atom. The maximum Gasteiger partial charge on any atom is 0.419 e. The molecular weight excluding hydrogens is 418 g/mol. The Morgan fingerprint density at radius 3 is 2.30 bits per heavy atom. The highest BCUT2D eigenvalue weighted by atomic mass is 16.6. The summed E-state index contributed by atoms with van der Waals surface area (Å²) in [7, 11) is 0. The minimum absolute atomic E-state index is 0.0132. The first kappa shape index (κ1) is 24.2. The van der Waals surface area contributed by atoms with Gasteiger partial charge >= 0.3 is 12.1 Å². The number of hydrogen-bond donors (Lipinski definition) is 0. The van der Waals surface area contributed by atoms with Crippen molar-refractivity contribution in [1.82, 2.24) is 4.57 Å². The van der Waals surface area contributed by atoms with Crippen molar-refractivity contribution in [2.45, 2.75) is 59.2 Å². The number of aromatic nitrogens is 1. The topological polar surface area (TPSA) is 74.6 Å². The lowest BCUT2D eigenvalue weighted by atomic mass is 9.94. The van der Waals surface area contributed by atoms with Gasteiger partial charge < -0.3 is 9.47 Å². The lowest BCUT2D eigenvalue weighted by Crippen LogP contribution is -2.26. The van der Waals surface area contributed by atoms with Crippen molar-refractivity contribution in [2.75, 3.05) is 0 Å². The fourth-order valence-corrected chi connectivity index (χ4v) is 3.60. The van der Waals surface area contributed by atoms with E-state index in [2.05, 4.69) is 0 Å². The lowest BCUT2D eigenvalue weighted by Gasteiger charge is -2.19. The van der Waals surface area contributed by atoms with Gasteiger partial charge in [0.1, 0.15) is 18.0 Å². The van der Waals surface area contributed by atoms with Gasteiger partial charge in [0.05, 0.1) is 11.9 Å². The summed E-state index contributed by atoms with van der Waals surface area (Å²) in [5.41, 5.74) is 1.93. The summed E-state index contributed by atoms with van der Waals surface area (Å²) in [5.74, 6) is -0.702. The molecule has 0 unspecified atom stereocenters. The number of carbonyl (C=O) groups excluding carboxylic acids is 3. The Kier molecular flexibility index (Phi) is 7.69. The van der Waals surface area contributed by atoms with Gasteiger partial charge in [0.2, 0.25) is 0 Å². The van der Waals surface area contributed by atoms with Gasteiger partial charge in [-0.3, -0.25) is 14.2 Å². The second-order valence-electron chi connectivity index (χ2n) is 9.24. The Labute approximate surface area is 194 Å². The summed E-state index contributed by atoms with van der Waals surface area (Å²) in [6.07, 6.45) is 1.94. The van der Waals surface area contributed by atoms with Crippen molar-refractivity contribution in [3.05, 3.63) is 71.9 Å². The number of ether oxygens (including phenoxy) is 2. The summed E-state index contributed by atoms with van der Waals surface area (Å²) >= 11 is 0. The molecule has 6 heteroatoms. The Hall–Kier alpha value is -3.41. The molecule has 0 N–H and O–H groups in total. The van der Waals surface area contributed by atoms with E-state index in [1.54, 1.807) is 6.20 Å². The van der Waals surface area contributed by atoms with Crippen molar-refractivity contribution < 1.29 is 23.9 Å². The van der Waals surface area contributed by atoms with E-state index in [0.29, 0.717) is 6.42 Å². The van der Waals surface area contributed by atoms with E-state index in [-0.39, 0.29) is 37.1 Å². The second kappa shape index (κ2) is 10.5. The van der Waals surface area contributed by atoms with Crippen LogP contribution in [0.2, 0.25) is 0 Å². The second-order valence-corrected chi connectivity index (χ2v) is 9.24. The van der Waals surface area contributed by atoms with Crippen molar-refractivity contribution in [2.24, 2.45) is 5.92 Å². The van der Waals surface area contributed by atoms with Crippen LogP contribution in [0.5, 0.6) is 0 Å². The van der Waals surface area contributed by atoms with Gasteiger partial charge in [0.15, 0.2) is 0 Å². The van der Waals surface area contributed by atoms with Crippen LogP contribution in [0.1, 0.15) is 51.7 Å². The molecule has 1 atom stereocenters. The molecule has 0 bridgehead atoms. The quantitative estimate of drug-likeness (QED) is 0.413. The third-order valence-corrected chi connectivity index (χ3v) is 5.28. The highest BCUT2D eigenvalue weighted by molar-refractivity contribution is 5.92. The minimum atomic E-state index is -0.610. The van der Waals surface area contributed by atoms with E-state index in [0.717, 1.165) is 22.0 Å². The molecule has 174 valence electrons. The van der Waals surface area contributed by atoms with Crippen LogP contribution in [0, 0.1) is 5.92 Å². The van der Waals surface area contributed by atoms with E-state index < -0.39 is 11.7 Å². The van der Waals surface area contributed by atoms with E-state index in [9.17, 15) is 14.4 Å². The van der Waals surface area contributed by atoms with Crippen LogP contribution in [-0.2, 0) is 32.1 Å². The van der Waals surface area contributed by atoms with Crippen LogP contribution < -0.4 is 0 Å². The Balaban J connectivity index is 1.60. The standard InChI is InChI=1S/C27H31NO5/c1-19(24(29)14-15-25(30)32-18-20-10-6-5-7-11-20)16-21-17-28(26(31)33-27(2,3)4)23-13-9-8-12-22(21)23/h5-13,17,19H,14-16,18H2,1-4H3/t19-/m0/s1. The maximum atomic E-state index is 12.7. The molecule has 0 spiro atoms. The molecule has 1 heterocycles. The smallest absolute Gasteiger partial charge is 0.419 e. The van der Waals surface area contributed by atoms with Crippen LogP contribution in [0.4, 0.5) is 4.79 Å². The zero-order valence-electron chi connectivity index (χ0n) is 19.7. The van der Waals surface area contributed by atoms with Crippen molar-refractivity contribution in [3.8, 4) is 0 Å². The molecular formula is C27H31NO5. The van der Waals surface area contributed by atoms with E-state index in [1.807, 2.05) is 82.3 Å². The zero-order valence-corrected chi connectivity index (χ0v) is 19.7. The molecule has 3 aromatic rings. The van der Waals surface area contributed by atoms with Crippen LogP contribution in [0.3, 0.4) is 0 Å². The molecule has 0 aliphatic rings. The monoisotopic (exact) mass is 449 g/mol. The largest absolute Gasteiger partial charge is 0.461 e. The molecule has 0 fully saturated rings. The summed E-state index contributed by atoms with van der Waals surface area (Å²) in [4.78, 5) is 37.4. The molecule has 3 rings (SSSR count). The molecule has 1 aromatic heterocycles. The number of rotatable bonds is 8. The molecule has 0 saturated heterocycles. The number of para-hydroxylation sites is 1. The van der Waals surface area contributed by atoms with Crippen LogP contribution in [-0.4, -0.2) is 28.0 Å². The SMILES string of the molecule is C[C@@H](Cc1cn(C(=O)OC(C)(C)C)c2ccccc12)C(=O)CCC(=O)OCc1ccccc1. The molecule has 0 aliphatic carbocycles. The third kappa shape index (κ3) is 6.78. The van der Waals surface area contributed by atoms with Crippen LogP contribution in [0.25, 0.3) is 10.9 Å². The molecule has 6 nitrogen and oxygen atoms in total. The fraction of sp³-hybridized carbons (Fsp3) is 0.370. The number of ketones is 1. The van der Waals surface area contributed by atoms with Gasteiger partial charge in [0, 0.05) is 23.9 Å². The number of carbonyl (C=O) groups is 3. The highest BCUT2D eigenvalue weighted by Gasteiger charge is 2.23. The van der Waals surface area contributed by atoms with Gasteiger partial charge in [-0.1, -0.05) is 55.5 Å². The molecule has 0 amide bonds. The summed E-state index contributed by atoms with van der Waals surface area (Å²) < 4.78 is 12.3. The molecule has 0 radical (unpaired) electrons. The molecule has 33 heavy (non-hydrogen) atoms. The van der Waals surface area contributed by atoms with Crippen molar-refractivity contribution in [3.63, 3.8) is 0 Å². The first-order valence-corrected chi connectivity index (χ1v) is 11.2. The summed E-state index contributed by atoms with van der Waals surface area (Å²) in [6.45, 7) is 7.51. The van der Waals surface area contributed by atoms with Crippen LogP contribution in [0.15, 0.2) is 60.8 Å². The number of benzene rings is 2. The zero-order chi connectivity index (χ0) is 24.0. The van der Waals surface area contributed by atoms with E-state index in [4.69, 9.17) is 9.47 Å².